The van der Waals surface area contributed by atoms with Crippen LogP contribution in [0.5, 0.6) is 0 Å². The summed E-state index contributed by atoms with van der Waals surface area (Å²) >= 11 is 0. The molecule has 132 valence electrons. The topological polar surface area (TPSA) is 107 Å². The molecular weight excluding hydrogens is 296 g/mol. The van der Waals surface area contributed by atoms with Crippen molar-refractivity contribution in [2.24, 2.45) is 0 Å². The van der Waals surface area contributed by atoms with Crippen LogP contribution in [0.4, 0.5) is 0 Å². The van der Waals surface area contributed by atoms with E-state index in [0.29, 0.717) is 59.3 Å². The molecule has 1 rings (SSSR count). The molecule has 0 aromatic carbocycles. The van der Waals surface area contributed by atoms with Crippen LogP contribution in [0.25, 0.3) is 0 Å². The fraction of sp³-hybridized carbons (Fsp3) is 1.00. The van der Waals surface area contributed by atoms with Crippen LogP contribution in [-0.2, 0) is 23.7 Å². The number of ether oxygens (including phenoxy) is 5. The lowest BCUT2D eigenvalue weighted by Crippen LogP contribution is -2.46. The maximum absolute atomic E-state index is 9.69. The molecule has 8 heteroatoms. The Morgan fingerprint density at radius 2 is 1.36 bits per heavy atom. The molecule has 22 heavy (non-hydrogen) atoms. The Bertz CT molecular complexity index is 253. The van der Waals surface area contributed by atoms with Crippen molar-refractivity contribution in [2.45, 2.75) is 24.7 Å². The molecule has 8 nitrogen and oxygen atoms in total. The molecule has 0 aromatic heterocycles. The Hall–Kier alpha value is -0.320. The van der Waals surface area contributed by atoms with Crippen molar-refractivity contribution < 1.29 is 39.0 Å². The quantitative estimate of drug-likeness (QED) is 0.354. The molecule has 1 aliphatic rings. The smallest absolute Gasteiger partial charge is 0.109 e. The van der Waals surface area contributed by atoms with Crippen LogP contribution in [0.3, 0.4) is 0 Å². The average Bonchev–Trinajstić information content (AvgIpc) is 2.52. The maximum Gasteiger partial charge on any atom is 0.109 e. The summed E-state index contributed by atoms with van der Waals surface area (Å²) in [5, 5.41) is 27.7. The van der Waals surface area contributed by atoms with E-state index in [0.717, 1.165) is 0 Å². The first-order valence-corrected chi connectivity index (χ1v) is 7.65. The number of hydrogen-bond acceptors (Lipinski definition) is 8. The van der Waals surface area contributed by atoms with Gasteiger partial charge in [0.15, 0.2) is 0 Å². The molecule has 1 heterocycles. The Kier molecular flexibility index (Phi) is 11.8. The van der Waals surface area contributed by atoms with Gasteiger partial charge in [0, 0.05) is 6.61 Å². The van der Waals surface area contributed by atoms with Crippen LogP contribution >= 0.6 is 0 Å². The largest absolute Gasteiger partial charge is 0.394 e. The van der Waals surface area contributed by atoms with E-state index in [1.807, 2.05) is 0 Å². The summed E-state index contributed by atoms with van der Waals surface area (Å²) in [4.78, 5) is 0. The summed E-state index contributed by atoms with van der Waals surface area (Å²) in [7, 11) is 0. The summed E-state index contributed by atoms with van der Waals surface area (Å²) in [5.41, 5.74) is 0. The molecule has 0 saturated carbocycles. The third-order valence-corrected chi connectivity index (χ3v) is 3.15. The fourth-order valence-electron chi connectivity index (χ4n) is 1.93. The second-order valence-corrected chi connectivity index (χ2v) is 4.89. The fourth-order valence-corrected chi connectivity index (χ4v) is 1.93. The van der Waals surface area contributed by atoms with Crippen LogP contribution in [-0.4, -0.2) is 99.7 Å². The number of aliphatic hydroxyl groups is 3. The zero-order chi connectivity index (χ0) is 16.0. The molecule has 0 aromatic rings. The Balaban J connectivity index is 1.82. The van der Waals surface area contributed by atoms with E-state index >= 15 is 0 Å². The van der Waals surface area contributed by atoms with Gasteiger partial charge in [-0.2, -0.15) is 0 Å². The van der Waals surface area contributed by atoms with E-state index in [1.165, 1.54) is 0 Å². The predicted octanol–water partition coefficient (Wildman–Crippen LogP) is -1.44. The lowest BCUT2D eigenvalue weighted by molar-refractivity contribution is -0.156. The van der Waals surface area contributed by atoms with Gasteiger partial charge in [0.1, 0.15) is 12.2 Å². The normalized spacial score (nSPS) is 25.5. The number of aliphatic hydroxyl groups excluding tert-OH is 3. The van der Waals surface area contributed by atoms with Gasteiger partial charge >= 0.3 is 0 Å². The first kappa shape index (κ1) is 19.7. The molecule has 0 amide bonds. The molecule has 1 aliphatic heterocycles. The van der Waals surface area contributed by atoms with E-state index < -0.39 is 18.3 Å². The van der Waals surface area contributed by atoms with Crippen LogP contribution < -0.4 is 0 Å². The standard InChI is InChI=1S/C14H28O8/c15-2-4-18-5-6-19-7-8-20-9-10-21-11-13-14(17)12(16)1-3-22-13/h12-17H,1-11H2. The van der Waals surface area contributed by atoms with Crippen LogP contribution in [0.1, 0.15) is 6.42 Å². The minimum atomic E-state index is -0.892. The molecule has 0 spiro atoms. The van der Waals surface area contributed by atoms with E-state index in [2.05, 4.69) is 0 Å². The zero-order valence-electron chi connectivity index (χ0n) is 12.9. The van der Waals surface area contributed by atoms with Crippen molar-refractivity contribution in [2.75, 3.05) is 66.1 Å². The van der Waals surface area contributed by atoms with Gasteiger partial charge in [-0.25, -0.2) is 0 Å². The summed E-state index contributed by atoms with van der Waals surface area (Å²) in [6.07, 6.45) is -1.66. The van der Waals surface area contributed by atoms with Gasteiger partial charge in [0.2, 0.25) is 0 Å². The SMILES string of the molecule is OCCOCCOCCOCCOCC1OCCC(O)C1O. The molecular formula is C14H28O8. The molecule has 1 fully saturated rings. The lowest BCUT2D eigenvalue weighted by Gasteiger charge is -2.31. The minimum absolute atomic E-state index is 0.0188. The first-order chi connectivity index (χ1) is 10.8. The molecule has 3 N–H and O–H groups in total. The summed E-state index contributed by atoms with van der Waals surface area (Å²) in [5.74, 6) is 0. The Labute approximate surface area is 130 Å². The van der Waals surface area contributed by atoms with Gasteiger partial charge in [0.05, 0.1) is 65.6 Å². The van der Waals surface area contributed by atoms with Crippen molar-refractivity contribution in [3.63, 3.8) is 0 Å². The molecule has 0 radical (unpaired) electrons. The van der Waals surface area contributed by atoms with E-state index in [-0.39, 0.29) is 13.2 Å². The summed E-state index contributed by atoms with van der Waals surface area (Å²) < 4.78 is 26.3. The van der Waals surface area contributed by atoms with E-state index in [1.54, 1.807) is 0 Å². The molecule has 3 unspecified atom stereocenters. The van der Waals surface area contributed by atoms with Gasteiger partial charge in [-0.1, -0.05) is 0 Å². The molecule has 0 aliphatic carbocycles. The number of hydrogen-bond donors (Lipinski definition) is 3. The van der Waals surface area contributed by atoms with Crippen LogP contribution in [0.15, 0.2) is 0 Å². The highest BCUT2D eigenvalue weighted by Gasteiger charge is 2.31. The Morgan fingerprint density at radius 1 is 0.818 bits per heavy atom. The minimum Gasteiger partial charge on any atom is -0.394 e. The van der Waals surface area contributed by atoms with Gasteiger partial charge in [-0.15, -0.1) is 0 Å². The molecule has 3 atom stereocenters. The zero-order valence-corrected chi connectivity index (χ0v) is 12.9. The highest BCUT2D eigenvalue weighted by atomic mass is 16.6. The van der Waals surface area contributed by atoms with Crippen LogP contribution in [0.2, 0.25) is 0 Å². The van der Waals surface area contributed by atoms with Crippen molar-refractivity contribution >= 4 is 0 Å². The van der Waals surface area contributed by atoms with Crippen molar-refractivity contribution in [1.29, 1.82) is 0 Å². The third-order valence-electron chi connectivity index (χ3n) is 3.15. The first-order valence-electron chi connectivity index (χ1n) is 7.65. The van der Waals surface area contributed by atoms with Gasteiger partial charge in [-0.05, 0) is 6.42 Å². The average molecular weight is 324 g/mol. The van der Waals surface area contributed by atoms with Gasteiger partial charge in [-0.3, -0.25) is 0 Å². The lowest BCUT2D eigenvalue weighted by atomic mass is 10.0. The van der Waals surface area contributed by atoms with Gasteiger partial charge < -0.3 is 39.0 Å². The maximum atomic E-state index is 9.69. The molecule has 1 saturated heterocycles. The van der Waals surface area contributed by atoms with Gasteiger partial charge in [0.25, 0.3) is 0 Å². The highest BCUT2D eigenvalue weighted by molar-refractivity contribution is 4.80. The molecule has 0 bridgehead atoms. The summed E-state index contributed by atoms with van der Waals surface area (Å²) in [6.45, 7) is 3.70. The van der Waals surface area contributed by atoms with E-state index in [4.69, 9.17) is 28.8 Å². The second kappa shape index (κ2) is 13.1. The Morgan fingerprint density at radius 3 is 1.95 bits per heavy atom. The third kappa shape index (κ3) is 8.96. The second-order valence-electron chi connectivity index (χ2n) is 4.89. The van der Waals surface area contributed by atoms with Crippen molar-refractivity contribution in [1.82, 2.24) is 0 Å². The summed E-state index contributed by atoms with van der Waals surface area (Å²) in [6, 6.07) is 0. The van der Waals surface area contributed by atoms with Crippen molar-refractivity contribution in [3.8, 4) is 0 Å². The van der Waals surface area contributed by atoms with Crippen LogP contribution in [0, 0.1) is 0 Å². The number of rotatable bonds is 13. The highest BCUT2D eigenvalue weighted by Crippen LogP contribution is 2.14. The predicted molar refractivity (Wildman–Crippen MR) is 76.7 cm³/mol. The van der Waals surface area contributed by atoms with Crippen molar-refractivity contribution in [3.05, 3.63) is 0 Å². The monoisotopic (exact) mass is 324 g/mol. The van der Waals surface area contributed by atoms with E-state index in [9.17, 15) is 10.2 Å².